The Morgan fingerprint density at radius 1 is 1.22 bits per heavy atom. The van der Waals surface area contributed by atoms with E-state index in [0.717, 1.165) is 25.9 Å². The third-order valence-corrected chi connectivity index (χ3v) is 5.16. The zero-order valence-corrected chi connectivity index (χ0v) is 13.0. The monoisotopic (exact) mass is 276 g/mol. The Bertz CT molecular complexity index is 346. The lowest BCUT2D eigenvalue weighted by Gasteiger charge is -2.32. The van der Waals surface area contributed by atoms with E-state index in [0.29, 0.717) is 24.1 Å². The normalized spacial score (nSPS) is 23.6. The standard InChI is InChI=1S/C13H28N2O2S/c1-5-12(11-14-13(2,3)4)15-7-6-9-18(16,17)10-8-15/h12,14H,5-11H2,1-4H3. The predicted octanol–water partition coefficient (Wildman–Crippen LogP) is 1.27. The summed E-state index contributed by atoms with van der Waals surface area (Å²) in [7, 11) is -2.80. The summed E-state index contributed by atoms with van der Waals surface area (Å²) >= 11 is 0. The predicted molar refractivity (Wildman–Crippen MR) is 76.7 cm³/mol. The van der Waals surface area contributed by atoms with Crippen LogP contribution in [-0.2, 0) is 9.84 Å². The molecule has 18 heavy (non-hydrogen) atoms. The van der Waals surface area contributed by atoms with Gasteiger partial charge in [0.2, 0.25) is 0 Å². The van der Waals surface area contributed by atoms with Crippen LogP contribution < -0.4 is 5.32 Å². The van der Waals surface area contributed by atoms with Crippen LogP contribution in [0.4, 0.5) is 0 Å². The van der Waals surface area contributed by atoms with Crippen LogP contribution in [0.25, 0.3) is 0 Å². The lowest BCUT2D eigenvalue weighted by atomic mass is 10.1. The zero-order chi connectivity index (χ0) is 13.8. The van der Waals surface area contributed by atoms with Crippen LogP contribution in [-0.4, -0.2) is 56.0 Å². The molecule has 1 saturated heterocycles. The number of sulfone groups is 1. The highest BCUT2D eigenvalue weighted by Gasteiger charge is 2.24. The van der Waals surface area contributed by atoms with Crippen molar-refractivity contribution < 1.29 is 8.42 Å². The second-order valence-corrected chi connectivity index (χ2v) is 8.54. The van der Waals surface area contributed by atoms with Gasteiger partial charge < -0.3 is 5.32 Å². The minimum Gasteiger partial charge on any atom is -0.311 e. The smallest absolute Gasteiger partial charge is 0.151 e. The summed E-state index contributed by atoms with van der Waals surface area (Å²) in [5.74, 6) is 0.672. The molecular weight excluding hydrogens is 248 g/mol. The Balaban J connectivity index is 2.54. The number of rotatable bonds is 4. The molecule has 1 rings (SSSR count). The maximum Gasteiger partial charge on any atom is 0.151 e. The van der Waals surface area contributed by atoms with Crippen molar-refractivity contribution in [1.29, 1.82) is 0 Å². The summed E-state index contributed by atoms with van der Waals surface area (Å²) in [5.41, 5.74) is 0.116. The average molecular weight is 276 g/mol. The molecule has 1 fully saturated rings. The molecule has 5 heteroatoms. The molecule has 0 saturated carbocycles. The van der Waals surface area contributed by atoms with Gasteiger partial charge >= 0.3 is 0 Å². The van der Waals surface area contributed by atoms with Crippen molar-refractivity contribution >= 4 is 9.84 Å². The van der Waals surface area contributed by atoms with Crippen LogP contribution in [0.15, 0.2) is 0 Å². The molecule has 108 valence electrons. The van der Waals surface area contributed by atoms with Gasteiger partial charge in [0.05, 0.1) is 11.5 Å². The first kappa shape index (κ1) is 15.9. The van der Waals surface area contributed by atoms with Gasteiger partial charge in [-0.3, -0.25) is 4.90 Å². The van der Waals surface area contributed by atoms with Gasteiger partial charge in [0.15, 0.2) is 9.84 Å². The molecule has 1 aliphatic heterocycles. The summed E-state index contributed by atoms with van der Waals surface area (Å²) in [4.78, 5) is 2.34. The van der Waals surface area contributed by atoms with Gasteiger partial charge in [-0.25, -0.2) is 8.42 Å². The summed E-state index contributed by atoms with van der Waals surface area (Å²) < 4.78 is 23.2. The van der Waals surface area contributed by atoms with E-state index in [2.05, 4.69) is 37.9 Å². The van der Waals surface area contributed by atoms with Crippen LogP contribution in [0, 0.1) is 0 Å². The number of hydrogen-bond acceptors (Lipinski definition) is 4. The van der Waals surface area contributed by atoms with Gasteiger partial charge in [-0.05, 0) is 40.2 Å². The van der Waals surface area contributed by atoms with Crippen LogP contribution in [0.5, 0.6) is 0 Å². The van der Waals surface area contributed by atoms with Gasteiger partial charge in [-0.15, -0.1) is 0 Å². The van der Waals surface area contributed by atoms with Gasteiger partial charge in [-0.1, -0.05) is 6.92 Å². The molecule has 0 aliphatic carbocycles. The molecule has 1 unspecified atom stereocenters. The number of nitrogens with one attached hydrogen (secondary N) is 1. The van der Waals surface area contributed by atoms with Gasteiger partial charge in [0.1, 0.15) is 0 Å². The lowest BCUT2D eigenvalue weighted by Crippen LogP contribution is -2.48. The molecule has 1 atom stereocenters. The molecule has 1 aliphatic rings. The molecule has 0 aromatic carbocycles. The zero-order valence-electron chi connectivity index (χ0n) is 12.2. The van der Waals surface area contributed by atoms with Crippen LogP contribution >= 0.6 is 0 Å². The second kappa shape index (κ2) is 6.35. The average Bonchev–Trinajstić information content (AvgIpc) is 2.40. The molecule has 0 amide bonds. The Labute approximate surface area is 112 Å². The highest BCUT2D eigenvalue weighted by atomic mass is 32.2. The summed E-state index contributed by atoms with van der Waals surface area (Å²) in [5, 5.41) is 3.52. The topological polar surface area (TPSA) is 49.4 Å². The van der Waals surface area contributed by atoms with E-state index < -0.39 is 9.84 Å². The fourth-order valence-corrected chi connectivity index (χ4v) is 3.56. The molecule has 0 aromatic heterocycles. The Morgan fingerprint density at radius 2 is 1.89 bits per heavy atom. The van der Waals surface area contributed by atoms with Crippen molar-refractivity contribution in [3.05, 3.63) is 0 Å². The maximum atomic E-state index is 11.6. The van der Waals surface area contributed by atoms with Gasteiger partial charge in [0.25, 0.3) is 0 Å². The minimum absolute atomic E-state index is 0.116. The van der Waals surface area contributed by atoms with Crippen LogP contribution in [0.3, 0.4) is 0 Å². The largest absolute Gasteiger partial charge is 0.311 e. The first-order valence-electron chi connectivity index (χ1n) is 6.93. The molecule has 0 spiro atoms. The van der Waals surface area contributed by atoms with Gasteiger partial charge in [-0.2, -0.15) is 0 Å². The van der Waals surface area contributed by atoms with E-state index in [1.807, 2.05) is 0 Å². The molecule has 0 aromatic rings. The van der Waals surface area contributed by atoms with Gasteiger partial charge in [0, 0.05) is 24.7 Å². The van der Waals surface area contributed by atoms with Crippen LogP contribution in [0.2, 0.25) is 0 Å². The van der Waals surface area contributed by atoms with E-state index >= 15 is 0 Å². The maximum absolute atomic E-state index is 11.6. The van der Waals surface area contributed by atoms with E-state index in [-0.39, 0.29) is 5.54 Å². The molecule has 4 nitrogen and oxygen atoms in total. The van der Waals surface area contributed by atoms with E-state index in [9.17, 15) is 8.42 Å². The third-order valence-electron chi connectivity index (χ3n) is 3.45. The third kappa shape index (κ3) is 5.67. The van der Waals surface area contributed by atoms with E-state index in [4.69, 9.17) is 0 Å². The molecule has 1 heterocycles. The van der Waals surface area contributed by atoms with Crippen molar-refractivity contribution in [3.63, 3.8) is 0 Å². The molecule has 0 radical (unpaired) electrons. The van der Waals surface area contributed by atoms with Crippen molar-refractivity contribution in [2.24, 2.45) is 0 Å². The SMILES string of the molecule is CCC(CNC(C)(C)C)N1CCCS(=O)(=O)CC1. The van der Waals surface area contributed by atoms with E-state index in [1.54, 1.807) is 0 Å². The Hall–Kier alpha value is -0.130. The quantitative estimate of drug-likeness (QED) is 0.840. The molecule has 1 N–H and O–H groups in total. The van der Waals surface area contributed by atoms with Crippen molar-refractivity contribution in [1.82, 2.24) is 10.2 Å². The first-order chi connectivity index (χ1) is 8.23. The fraction of sp³-hybridized carbons (Fsp3) is 1.00. The lowest BCUT2D eigenvalue weighted by molar-refractivity contribution is 0.190. The second-order valence-electron chi connectivity index (χ2n) is 6.23. The highest BCUT2D eigenvalue weighted by molar-refractivity contribution is 7.91. The number of nitrogens with zero attached hydrogens (tertiary/aromatic N) is 1. The number of hydrogen-bond donors (Lipinski definition) is 1. The van der Waals surface area contributed by atoms with Crippen molar-refractivity contribution in [3.8, 4) is 0 Å². The summed E-state index contributed by atoms with van der Waals surface area (Å²) in [6, 6.07) is 0.442. The minimum atomic E-state index is -2.80. The Morgan fingerprint density at radius 3 is 2.44 bits per heavy atom. The van der Waals surface area contributed by atoms with Crippen molar-refractivity contribution in [2.45, 2.75) is 52.1 Å². The molecular formula is C13H28N2O2S. The fourth-order valence-electron chi connectivity index (χ4n) is 2.28. The Kier molecular flexibility index (Phi) is 5.62. The van der Waals surface area contributed by atoms with Crippen LogP contribution in [0.1, 0.15) is 40.5 Å². The van der Waals surface area contributed by atoms with E-state index in [1.165, 1.54) is 0 Å². The highest BCUT2D eigenvalue weighted by Crippen LogP contribution is 2.11. The van der Waals surface area contributed by atoms with Crippen molar-refractivity contribution in [2.75, 3.05) is 31.1 Å². The molecule has 0 bridgehead atoms. The summed E-state index contributed by atoms with van der Waals surface area (Å²) in [6.45, 7) is 11.2. The summed E-state index contributed by atoms with van der Waals surface area (Å²) in [6.07, 6.45) is 1.83. The first-order valence-corrected chi connectivity index (χ1v) is 8.75.